The molecule has 0 amide bonds. The minimum atomic E-state index is 0.775. The maximum absolute atomic E-state index is 4.54. The SMILES string of the molecule is Cn1cnc2ccc(NCc3ccccc3)nc21. The number of hydrogen-bond donors (Lipinski definition) is 1. The van der Waals surface area contributed by atoms with Crippen molar-refractivity contribution >= 4 is 17.0 Å². The van der Waals surface area contributed by atoms with Crippen LogP contribution < -0.4 is 5.32 Å². The van der Waals surface area contributed by atoms with Crippen molar-refractivity contribution in [2.75, 3.05) is 5.32 Å². The fourth-order valence-corrected chi connectivity index (χ4v) is 1.89. The van der Waals surface area contributed by atoms with Gasteiger partial charge in [-0.25, -0.2) is 9.97 Å². The van der Waals surface area contributed by atoms with E-state index in [4.69, 9.17) is 0 Å². The summed E-state index contributed by atoms with van der Waals surface area (Å²) in [7, 11) is 1.95. The first-order valence-electron chi connectivity index (χ1n) is 5.89. The summed E-state index contributed by atoms with van der Waals surface area (Å²) in [5.41, 5.74) is 3.06. The Morgan fingerprint density at radius 1 is 1.11 bits per heavy atom. The highest BCUT2D eigenvalue weighted by atomic mass is 15.1. The molecule has 1 aromatic carbocycles. The second kappa shape index (κ2) is 4.49. The number of fused-ring (bicyclic) bond motifs is 1. The van der Waals surface area contributed by atoms with Crippen LogP contribution >= 0.6 is 0 Å². The van der Waals surface area contributed by atoms with Crippen molar-refractivity contribution in [3.8, 4) is 0 Å². The van der Waals surface area contributed by atoms with Gasteiger partial charge >= 0.3 is 0 Å². The number of anilines is 1. The molecule has 3 aromatic rings. The fraction of sp³-hybridized carbons (Fsp3) is 0.143. The Labute approximate surface area is 105 Å². The van der Waals surface area contributed by atoms with E-state index in [1.165, 1.54) is 5.56 Å². The molecule has 4 nitrogen and oxygen atoms in total. The number of hydrogen-bond acceptors (Lipinski definition) is 3. The van der Waals surface area contributed by atoms with Gasteiger partial charge in [-0.05, 0) is 17.7 Å². The number of nitrogens with one attached hydrogen (secondary N) is 1. The van der Waals surface area contributed by atoms with Crippen LogP contribution in [-0.2, 0) is 13.6 Å². The lowest BCUT2D eigenvalue weighted by atomic mass is 10.2. The Balaban J connectivity index is 1.80. The second-order valence-corrected chi connectivity index (χ2v) is 4.23. The summed E-state index contributed by atoms with van der Waals surface area (Å²) >= 11 is 0. The molecule has 0 saturated heterocycles. The van der Waals surface area contributed by atoms with Crippen molar-refractivity contribution in [2.45, 2.75) is 6.54 Å². The first-order valence-corrected chi connectivity index (χ1v) is 5.89. The summed E-state index contributed by atoms with van der Waals surface area (Å²) in [4.78, 5) is 8.79. The van der Waals surface area contributed by atoms with Crippen LogP contribution in [0.15, 0.2) is 48.8 Å². The Kier molecular flexibility index (Phi) is 2.68. The zero-order chi connectivity index (χ0) is 12.4. The number of imidazole rings is 1. The molecule has 0 spiro atoms. The maximum atomic E-state index is 4.54. The van der Waals surface area contributed by atoms with Crippen LogP contribution in [0.1, 0.15) is 5.56 Å². The molecule has 1 N–H and O–H groups in total. The lowest BCUT2D eigenvalue weighted by Crippen LogP contribution is -2.01. The Bertz CT molecular complexity index is 658. The van der Waals surface area contributed by atoms with E-state index in [9.17, 15) is 0 Å². The molecule has 0 aliphatic heterocycles. The number of nitrogens with zero attached hydrogens (tertiary/aromatic N) is 3. The van der Waals surface area contributed by atoms with Gasteiger partial charge in [-0.2, -0.15) is 0 Å². The largest absolute Gasteiger partial charge is 0.366 e. The molecule has 0 aliphatic carbocycles. The number of aryl methyl sites for hydroxylation is 1. The number of benzene rings is 1. The van der Waals surface area contributed by atoms with Gasteiger partial charge in [-0.1, -0.05) is 30.3 Å². The molecule has 0 aliphatic rings. The van der Waals surface area contributed by atoms with Gasteiger partial charge in [0, 0.05) is 13.6 Å². The molecule has 18 heavy (non-hydrogen) atoms. The molecule has 0 fully saturated rings. The number of rotatable bonds is 3. The van der Waals surface area contributed by atoms with Crippen molar-refractivity contribution in [3.05, 3.63) is 54.4 Å². The van der Waals surface area contributed by atoms with Crippen molar-refractivity contribution in [1.29, 1.82) is 0 Å². The van der Waals surface area contributed by atoms with E-state index in [1.54, 1.807) is 6.33 Å². The lowest BCUT2D eigenvalue weighted by molar-refractivity contribution is 0.930. The third-order valence-corrected chi connectivity index (χ3v) is 2.88. The zero-order valence-corrected chi connectivity index (χ0v) is 10.2. The molecule has 0 saturated carbocycles. The topological polar surface area (TPSA) is 42.7 Å². The third-order valence-electron chi connectivity index (χ3n) is 2.88. The summed E-state index contributed by atoms with van der Waals surface area (Å²) in [6.45, 7) is 0.775. The van der Waals surface area contributed by atoms with E-state index < -0.39 is 0 Å². The second-order valence-electron chi connectivity index (χ2n) is 4.23. The summed E-state index contributed by atoms with van der Waals surface area (Å²) in [5, 5.41) is 3.32. The number of pyridine rings is 1. The molecule has 0 unspecified atom stereocenters. The standard InChI is InChI=1S/C14H14N4/c1-18-10-16-12-7-8-13(17-14(12)18)15-9-11-5-3-2-4-6-11/h2-8,10H,9H2,1H3,(H,15,17). The van der Waals surface area contributed by atoms with Gasteiger partial charge in [0.25, 0.3) is 0 Å². The van der Waals surface area contributed by atoms with Gasteiger partial charge in [-0.3, -0.25) is 0 Å². The maximum Gasteiger partial charge on any atom is 0.161 e. The van der Waals surface area contributed by atoms with Gasteiger partial charge < -0.3 is 9.88 Å². The first kappa shape index (κ1) is 10.8. The predicted molar refractivity (Wildman–Crippen MR) is 72.3 cm³/mol. The molecule has 2 aromatic heterocycles. The van der Waals surface area contributed by atoms with Crippen LogP contribution in [0, 0.1) is 0 Å². The molecule has 2 heterocycles. The van der Waals surface area contributed by atoms with Crippen LogP contribution in [0.5, 0.6) is 0 Å². The Hall–Kier alpha value is -2.36. The first-order chi connectivity index (χ1) is 8.83. The van der Waals surface area contributed by atoms with Crippen molar-refractivity contribution in [2.24, 2.45) is 7.05 Å². The summed E-state index contributed by atoms with van der Waals surface area (Å²) in [5.74, 6) is 0.870. The monoisotopic (exact) mass is 238 g/mol. The van der Waals surface area contributed by atoms with Crippen LogP contribution in [0.4, 0.5) is 5.82 Å². The lowest BCUT2D eigenvalue weighted by Gasteiger charge is -2.05. The van der Waals surface area contributed by atoms with Crippen LogP contribution in [-0.4, -0.2) is 14.5 Å². The normalized spacial score (nSPS) is 10.7. The van der Waals surface area contributed by atoms with Crippen molar-refractivity contribution in [1.82, 2.24) is 14.5 Å². The van der Waals surface area contributed by atoms with E-state index in [1.807, 2.05) is 41.9 Å². The molecular formula is C14H14N4. The Morgan fingerprint density at radius 3 is 2.78 bits per heavy atom. The minimum Gasteiger partial charge on any atom is -0.366 e. The average molecular weight is 238 g/mol. The quantitative estimate of drug-likeness (QED) is 0.762. The van der Waals surface area contributed by atoms with Gasteiger partial charge in [-0.15, -0.1) is 0 Å². The van der Waals surface area contributed by atoms with E-state index in [0.29, 0.717) is 0 Å². The highest BCUT2D eigenvalue weighted by molar-refractivity contribution is 5.72. The van der Waals surface area contributed by atoms with Crippen molar-refractivity contribution < 1.29 is 0 Å². The van der Waals surface area contributed by atoms with E-state index in [2.05, 4.69) is 27.4 Å². The van der Waals surface area contributed by atoms with E-state index in [0.717, 1.165) is 23.5 Å². The summed E-state index contributed by atoms with van der Waals surface area (Å²) in [6, 6.07) is 14.2. The molecule has 0 radical (unpaired) electrons. The van der Waals surface area contributed by atoms with Crippen molar-refractivity contribution in [3.63, 3.8) is 0 Å². The van der Waals surface area contributed by atoms with Gasteiger partial charge in [0.05, 0.1) is 6.33 Å². The minimum absolute atomic E-state index is 0.775. The highest BCUT2D eigenvalue weighted by Gasteiger charge is 2.02. The predicted octanol–water partition coefficient (Wildman–Crippen LogP) is 2.58. The van der Waals surface area contributed by atoms with Gasteiger partial charge in [0.15, 0.2) is 5.65 Å². The Morgan fingerprint density at radius 2 is 1.94 bits per heavy atom. The molecule has 3 rings (SSSR count). The van der Waals surface area contributed by atoms with Crippen LogP contribution in [0.25, 0.3) is 11.2 Å². The molecule has 4 heteroatoms. The van der Waals surface area contributed by atoms with Gasteiger partial charge in [0.1, 0.15) is 11.3 Å². The molecule has 0 atom stereocenters. The fourth-order valence-electron chi connectivity index (χ4n) is 1.89. The zero-order valence-electron chi connectivity index (χ0n) is 10.2. The summed E-state index contributed by atoms with van der Waals surface area (Å²) in [6.07, 6.45) is 1.78. The molecular weight excluding hydrogens is 224 g/mol. The third kappa shape index (κ3) is 2.05. The average Bonchev–Trinajstić information content (AvgIpc) is 2.79. The summed E-state index contributed by atoms with van der Waals surface area (Å²) < 4.78 is 1.92. The molecule has 0 bridgehead atoms. The van der Waals surface area contributed by atoms with Crippen LogP contribution in [0.2, 0.25) is 0 Å². The van der Waals surface area contributed by atoms with Gasteiger partial charge in [0.2, 0.25) is 0 Å². The smallest absolute Gasteiger partial charge is 0.161 e. The van der Waals surface area contributed by atoms with Crippen LogP contribution in [0.3, 0.4) is 0 Å². The van der Waals surface area contributed by atoms with E-state index in [-0.39, 0.29) is 0 Å². The highest BCUT2D eigenvalue weighted by Crippen LogP contribution is 2.13. The molecule has 90 valence electrons. The number of aromatic nitrogens is 3. The van der Waals surface area contributed by atoms with E-state index >= 15 is 0 Å².